The van der Waals surface area contributed by atoms with Crippen LogP contribution in [-0.2, 0) is 11.3 Å². The Kier molecular flexibility index (Phi) is 4.64. The molecule has 1 aliphatic heterocycles. The van der Waals surface area contributed by atoms with Crippen molar-refractivity contribution in [2.45, 2.75) is 6.54 Å². The Balaban J connectivity index is 1.34. The van der Waals surface area contributed by atoms with Crippen LogP contribution in [0.5, 0.6) is 0 Å². The Labute approximate surface area is 158 Å². The Morgan fingerprint density at radius 2 is 1.96 bits per heavy atom. The topological polar surface area (TPSA) is 78.7 Å². The number of rotatable bonds is 5. The van der Waals surface area contributed by atoms with Gasteiger partial charge in [-0.15, -0.1) is 0 Å². The zero-order valence-electron chi connectivity index (χ0n) is 14.7. The number of hydrogen-bond donors (Lipinski definition) is 1. The van der Waals surface area contributed by atoms with Crippen molar-refractivity contribution in [1.29, 1.82) is 0 Å². The van der Waals surface area contributed by atoms with E-state index in [9.17, 15) is 18.4 Å². The molecular formula is C19H16F2N4O3. The van der Waals surface area contributed by atoms with E-state index in [2.05, 4.69) is 10.3 Å². The number of benzene rings is 2. The lowest BCUT2D eigenvalue weighted by Gasteiger charge is -2.18. The molecule has 28 heavy (non-hydrogen) atoms. The second-order valence-corrected chi connectivity index (χ2v) is 6.31. The van der Waals surface area contributed by atoms with Crippen molar-refractivity contribution < 1.29 is 22.8 Å². The summed E-state index contributed by atoms with van der Waals surface area (Å²) < 4.78 is 32.0. The number of nitrogens with zero attached hydrogens (tertiary/aromatic N) is 3. The highest BCUT2D eigenvalue weighted by Crippen LogP contribution is 2.22. The number of carbonyl (C=O) groups is 2. The highest BCUT2D eigenvalue weighted by atomic mass is 19.2. The molecule has 2 aromatic carbocycles. The first-order valence-corrected chi connectivity index (χ1v) is 8.64. The number of aromatic nitrogens is 1. The van der Waals surface area contributed by atoms with E-state index in [1.54, 1.807) is 12.1 Å². The summed E-state index contributed by atoms with van der Waals surface area (Å²) in [5.74, 6) is -2.01. The molecule has 0 unspecified atom stereocenters. The van der Waals surface area contributed by atoms with Gasteiger partial charge in [0.05, 0.1) is 6.54 Å². The van der Waals surface area contributed by atoms with Gasteiger partial charge in [0.1, 0.15) is 12.1 Å². The van der Waals surface area contributed by atoms with Crippen molar-refractivity contribution in [1.82, 2.24) is 15.2 Å². The summed E-state index contributed by atoms with van der Waals surface area (Å²) in [6.07, 6.45) is 0. The largest absolute Gasteiger partial charge is 0.439 e. The average Bonchev–Trinajstić information content (AvgIpc) is 3.26. The van der Waals surface area contributed by atoms with Gasteiger partial charge in [0, 0.05) is 24.8 Å². The van der Waals surface area contributed by atoms with Crippen LogP contribution in [-0.4, -0.2) is 41.5 Å². The van der Waals surface area contributed by atoms with Crippen molar-refractivity contribution >= 4 is 28.7 Å². The SMILES string of the molecule is O=C(CN1CCN(c2ccc(F)c(F)c2)C1=O)NCc1nc2ccccc2o1. The second-order valence-electron chi connectivity index (χ2n) is 6.31. The summed E-state index contributed by atoms with van der Waals surface area (Å²) in [6.45, 7) is 0.526. The van der Waals surface area contributed by atoms with Crippen LogP contribution in [0.1, 0.15) is 5.89 Å². The third-order valence-electron chi connectivity index (χ3n) is 4.42. The van der Waals surface area contributed by atoms with E-state index in [1.807, 2.05) is 12.1 Å². The van der Waals surface area contributed by atoms with Gasteiger partial charge in [-0.2, -0.15) is 0 Å². The van der Waals surface area contributed by atoms with E-state index in [0.29, 0.717) is 23.5 Å². The molecule has 1 aromatic heterocycles. The third kappa shape index (κ3) is 3.51. The van der Waals surface area contributed by atoms with Crippen LogP contribution in [0.15, 0.2) is 46.9 Å². The van der Waals surface area contributed by atoms with Crippen molar-refractivity contribution in [3.63, 3.8) is 0 Å². The molecule has 0 aliphatic carbocycles. The summed E-state index contributed by atoms with van der Waals surface area (Å²) in [5, 5.41) is 2.66. The number of fused-ring (bicyclic) bond motifs is 1. The maximum absolute atomic E-state index is 13.4. The van der Waals surface area contributed by atoms with Crippen molar-refractivity contribution in [3.05, 3.63) is 60.0 Å². The maximum atomic E-state index is 13.4. The molecule has 3 amide bonds. The number of hydrogen-bond acceptors (Lipinski definition) is 4. The van der Waals surface area contributed by atoms with Gasteiger partial charge in [-0.25, -0.2) is 18.6 Å². The Bertz CT molecular complexity index is 1020. The van der Waals surface area contributed by atoms with Gasteiger partial charge in [0.25, 0.3) is 0 Å². The van der Waals surface area contributed by atoms with Crippen LogP contribution in [0.3, 0.4) is 0 Å². The molecular weight excluding hydrogens is 370 g/mol. The number of oxazole rings is 1. The fraction of sp³-hybridized carbons (Fsp3) is 0.211. The molecule has 4 rings (SSSR count). The molecule has 9 heteroatoms. The molecule has 0 radical (unpaired) electrons. The van der Waals surface area contributed by atoms with E-state index in [-0.39, 0.29) is 31.2 Å². The number of amides is 3. The first kappa shape index (κ1) is 17.9. The van der Waals surface area contributed by atoms with E-state index in [4.69, 9.17) is 4.42 Å². The third-order valence-corrected chi connectivity index (χ3v) is 4.42. The van der Waals surface area contributed by atoms with Crippen molar-refractivity contribution in [2.75, 3.05) is 24.5 Å². The number of para-hydroxylation sites is 2. The molecule has 1 aliphatic rings. The minimum Gasteiger partial charge on any atom is -0.439 e. The second kappa shape index (κ2) is 7.26. The lowest BCUT2D eigenvalue weighted by atomic mass is 10.3. The minimum absolute atomic E-state index is 0.0996. The van der Waals surface area contributed by atoms with Crippen LogP contribution in [0, 0.1) is 11.6 Å². The Hall–Kier alpha value is -3.49. The quantitative estimate of drug-likeness (QED) is 0.731. The molecule has 3 aromatic rings. The minimum atomic E-state index is -1.03. The first-order valence-electron chi connectivity index (χ1n) is 8.64. The molecule has 144 valence electrons. The molecule has 7 nitrogen and oxygen atoms in total. The van der Waals surface area contributed by atoms with Gasteiger partial charge in [0.15, 0.2) is 17.2 Å². The summed E-state index contributed by atoms with van der Waals surface area (Å²) in [7, 11) is 0. The molecule has 2 heterocycles. The van der Waals surface area contributed by atoms with Crippen LogP contribution >= 0.6 is 0 Å². The van der Waals surface area contributed by atoms with Crippen LogP contribution in [0.2, 0.25) is 0 Å². The highest BCUT2D eigenvalue weighted by Gasteiger charge is 2.31. The molecule has 1 fully saturated rings. The first-order chi connectivity index (χ1) is 13.5. The lowest BCUT2D eigenvalue weighted by Crippen LogP contribution is -2.39. The average molecular weight is 386 g/mol. The fourth-order valence-electron chi connectivity index (χ4n) is 3.02. The summed E-state index contributed by atoms with van der Waals surface area (Å²) in [5.41, 5.74) is 1.57. The van der Waals surface area contributed by atoms with Gasteiger partial charge in [-0.05, 0) is 24.3 Å². The maximum Gasteiger partial charge on any atom is 0.325 e. The normalized spacial score (nSPS) is 14.1. The molecule has 0 atom stereocenters. The predicted molar refractivity (Wildman–Crippen MR) is 96.5 cm³/mol. The van der Waals surface area contributed by atoms with Crippen molar-refractivity contribution in [3.8, 4) is 0 Å². The standard InChI is InChI=1S/C19H16F2N4O3/c20-13-6-5-12(9-14(13)21)25-8-7-24(19(25)27)11-17(26)22-10-18-23-15-3-1-2-4-16(15)28-18/h1-6,9H,7-8,10-11H2,(H,22,26). The number of anilines is 1. The van der Waals surface area contributed by atoms with E-state index >= 15 is 0 Å². The molecule has 1 N–H and O–H groups in total. The van der Waals surface area contributed by atoms with Gasteiger partial charge in [-0.1, -0.05) is 12.1 Å². The zero-order chi connectivity index (χ0) is 19.7. The summed E-state index contributed by atoms with van der Waals surface area (Å²) in [6, 6.07) is 10.1. The number of nitrogens with one attached hydrogen (secondary N) is 1. The van der Waals surface area contributed by atoms with Crippen LogP contribution in [0.4, 0.5) is 19.3 Å². The van der Waals surface area contributed by atoms with Gasteiger partial charge in [-0.3, -0.25) is 9.69 Å². The Morgan fingerprint density at radius 1 is 1.14 bits per heavy atom. The zero-order valence-corrected chi connectivity index (χ0v) is 14.7. The van der Waals surface area contributed by atoms with Gasteiger partial charge < -0.3 is 14.6 Å². The highest BCUT2D eigenvalue weighted by molar-refractivity contribution is 5.96. The summed E-state index contributed by atoms with van der Waals surface area (Å²) in [4.78, 5) is 31.5. The monoisotopic (exact) mass is 386 g/mol. The van der Waals surface area contributed by atoms with E-state index < -0.39 is 17.7 Å². The Morgan fingerprint density at radius 3 is 2.75 bits per heavy atom. The van der Waals surface area contributed by atoms with E-state index in [1.165, 1.54) is 15.9 Å². The molecule has 0 bridgehead atoms. The summed E-state index contributed by atoms with van der Waals surface area (Å²) >= 11 is 0. The molecule has 0 spiro atoms. The van der Waals surface area contributed by atoms with E-state index in [0.717, 1.165) is 12.1 Å². The van der Waals surface area contributed by atoms with Crippen molar-refractivity contribution in [2.24, 2.45) is 0 Å². The number of carbonyl (C=O) groups excluding carboxylic acids is 2. The smallest absolute Gasteiger partial charge is 0.325 e. The lowest BCUT2D eigenvalue weighted by molar-refractivity contribution is -0.121. The molecule has 0 saturated carbocycles. The van der Waals surface area contributed by atoms with Gasteiger partial charge >= 0.3 is 6.03 Å². The van der Waals surface area contributed by atoms with Crippen LogP contribution in [0.25, 0.3) is 11.1 Å². The van der Waals surface area contributed by atoms with Gasteiger partial charge in [0.2, 0.25) is 11.8 Å². The number of halogens is 2. The molecule has 1 saturated heterocycles. The van der Waals surface area contributed by atoms with Crippen LogP contribution < -0.4 is 10.2 Å². The number of urea groups is 1. The fourth-order valence-corrected chi connectivity index (χ4v) is 3.02. The predicted octanol–water partition coefficient (Wildman–Crippen LogP) is 2.66.